The summed E-state index contributed by atoms with van der Waals surface area (Å²) in [5.41, 5.74) is 2.67. The Morgan fingerprint density at radius 2 is 2.03 bits per heavy atom. The molecule has 2 heterocycles. The van der Waals surface area contributed by atoms with Crippen LogP contribution in [0.4, 0.5) is 0 Å². The van der Waals surface area contributed by atoms with Crippen molar-refractivity contribution >= 4 is 5.96 Å². The SMILES string of the molecule is CCNC(=NCC(c1ccc(C)cc1)N1CCCC1)NCCCOCC1CCOC1. The summed E-state index contributed by atoms with van der Waals surface area (Å²) >= 11 is 0. The highest BCUT2D eigenvalue weighted by Crippen LogP contribution is 2.25. The number of benzene rings is 1. The fraction of sp³-hybridized carbons (Fsp3) is 0.708. The number of nitrogens with one attached hydrogen (secondary N) is 2. The Hall–Kier alpha value is -1.63. The zero-order chi connectivity index (χ0) is 21.0. The van der Waals surface area contributed by atoms with E-state index >= 15 is 0 Å². The maximum Gasteiger partial charge on any atom is 0.191 e. The molecule has 30 heavy (non-hydrogen) atoms. The number of hydrogen-bond donors (Lipinski definition) is 2. The summed E-state index contributed by atoms with van der Waals surface area (Å²) in [5, 5.41) is 6.86. The number of guanidine groups is 1. The van der Waals surface area contributed by atoms with Gasteiger partial charge in [0.1, 0.15) is 0 Å². The lowest BCUT2D eigenvalue weighted by Crippen LogP contribution is -2.39. The fourth-order valence-corrected chi connectivity index (χ4v) is 4.14. The normalized spacial score (nSPS) is 21.1. The highest BCUT2D eigenvalue weighted by Gasteiger charge is 2.23. The van der Waals surface area contributed by atoms with E-state index in [2.05, 4.69) is 53.6 Å². The smallest absolute Gasteiger partial charge is 0.191 e. The lowest BCUT2D eigenvalue weighted by Gasteiger charge is -2.27. The molecule has 0 saturated carbocycles. The minimum absolute atomic E-state index is 0.348. The summed E-state index contributed by atoms with van der Waals surface area (Å²) in [4.78, 5) is 7.52. The molecule has 6 nitrogen and oxygen atoms in total. The van der Waals surface area contributed by atoms with Gasteiger partial charge in [-0.2, -0.15) is 0 Å². The molecule has 1 aromatic carbocycles. The molecule has 0 bridgehead atoms. The second kappa shape index (κ2) is 12.9. The summed E-state index contributed by atoms with van der Waals surface area (Å²) in [6.45, 7) is 12.4. The van der Waals surface area contributed by atoms with Crippen LogP contribution in [0.3, 0.4) is 0 Å². The molecule has 2 unspecified atom stereocenters. The molecule has 168 valence electrons. The Kier molecular flexibility index (Phi) is 9.93. The predicted octanol–water partition coefficient (Wildman–Crippen LogP) is 3.13. The van der Waals surface area contributed by atoms with Gasteiger partial charge in [-0.3, -0.25) is 9.89 Å². The summed E-state index contributed by atoms with van der Waals surface area (Å²) in [6.07, 6.45) is 4.69. The van der Waals surface area contributed by atoms with Gasteiger partial charge in [0.05, 0.1) is 25.8 Å². The number of ether oxygens (including phenoxy) is 2. The molecular weight excluding hydrogens is 376 g/mol. The van der Waals surface area contributed by atoms with Crippen molar-refractivity contribution in [3.63, 3.8) is 0 Å². The monoisotopic (exact) mass is 416 g/mol. The van der Waals surface area contributed by atoms with Crippen molar-refractivity contribution in [1.29, 1.82) is 0 Å². The molecule has 0 amide bonds. The van der Waals surface area contributed by atoms with Gasteiger partial charge >= 0.3 is 0 Å². The third kappa shape index (κ3) is 7.56. The molecule has 3 rings (SSSR count). The fourth-order valence-electron chi connectivity index (χ4n) is 4.14. The minimum Gasteiger partial charge on any atom is -0.381 e. The summed E-state index contributed by atoms with van der Waals surface area (Å²) < 4.78 is 11.2. The Labute approximate surface area is 182 Å². The Morgan fingerprint density at radius 1 is 1.23 bits per heavy atom. The molecule has 2 atom stereocenters. The van der Waals surface area contributed by atoms with E-state index in [-0.39, 0.29) is 0 Å². The van der Waals surface area contributed by atoms with Crippen LogP contribution in [0.15, 0.2) is 29.3 Å². The topological polar surface area (TPSA) is 58.1 Å². The largest absolute Gasteiger partial charge is 0.381 e. The third-order valence-electron chi connectivity index (χ3n) is 5.95. The number of nitrogens with zero attached hydrogens (tertiary/aromatic N) is 2. The third-order valence-corrected chi connectivity index (χ3v) is 5.95. The predicted molar refractivity (Wildman–Crippen MR) is 123 cm³/mol. The van der Waals surface area contributed by atoms with Crippen molar-refractivity contribution in [3.05, 3.63) is 35.4 Å². The molecular formula is C24H40N4O2. The van der Waals surface area contributed by atoms with Gasteiger partial charge in [0, 0.05) is 32.2 Å². The summed E-state index contributed by atoms with van der Waals surface area (Å²) in [6, 6.07) is 9.30. The number of likely N-dealkylation sites (tertiary alicyclic amines) is 1. The van der Waals surface area contributed by atoms with Gasteiger partial charge in [0.25, 0.3) is 0 Å². The minimum atomic E-state index is 0.348. The maximum absolute atomic E-state index is 5.81. The summed E-state index contributed by atoms with van der Waals surface area (Å²) in [5.74, 6) is 1.49. The second-order valence-electron chi connectivity index (χ2n) is 8.47. The molecule has 2 aliphatic heterocycles. The number of rotatable bonds is 11. The van der Waals surface area contributed by atoms with E-state index in [9.17, 15) is 0 Å². The average molecular weight is 417 g/mol. The lowest BCUT2D eigenvalue weighted by molar-refractivity contribution is 0.0888. The molecule has 1 aromatic rings. The van der Waals surface area contributed by atoms with Gasteiger partial charge in [-0.15, -0.1) is 0 Å². The van der Waals surface area contributed by atoms with Gasteiger partial charge in [-0.05, 0) is 58.2 Å². The number of aryl methyl sites for hydroxylation is 1. The highest BCUT2D eigenvalue weighted by atomic mass is 16.5. The molecule has 2 saturated heterocycles. The Balaban J connectivity index is 1.47. The van der Waals surface area contributed by atoms with Crippen LogP contribution in [-0.4, -0.2) is 70.0 Å². The number of hydrogen-bond acceptors (Lipinski definition) is 4. The first-order valence-electron chi connectivity index (χ1n) is 11.7. The molecule has 0 spiro atoms. The van der Waals surface area contributed by atoms with Gasteiger partial charge in [-0.25, -0.2) is 0 Å². The maximum atomic E-state index is 5.81. The van der Waals surface area contributed by atoms with Crippen molar-refractivity contribution in [1.82, 2.24) is 15.5 Å². The molecule has 2 fully saturated rings. The summed E-state index contributed by atoms with van der Waals surface area (Å²) in [7, 11) is 0. The van der Waals surface area contributed by atoms with E-state index < -0.39 is 0 Å². The first-order chi connectivity index (χ1) is 14.8. The van der Waals surface area contributed by atoms with Gasteiger partial charge in [0.15, 0.2) is 5.96 Å². The van der Waals surface area contributed by atoms with E-state index in [1.807, 2.05) is 0 Å². The molecule has 0 aromatic heterocycles. The molecule has 2 aliphatic rings. The quantitative estimate of drug-likeness (QED) is 0.330. The van der Waals surface area contributed by atoms with Crippen LogP contribution in [0.25, 0.3) is 0 Å². The molecule has 0 aliphatic carbocycles. The second-order valence-corrected chi connectivity index (χ2v) is 8.47. The average Bonchev–Trinajstić information content (AvgIpc) is 3.46. The van der Waals surface area contributed by atoms with Crippen LogP contribution >= 0.6 is 0 Å². The standard InChI is InChI=1S/C24H40N4O2/c1-3-25-24(26-12-6-15-29-18-21-11-16-30-19-21)27-17-23(28-13-4-5-14-28)22-9-7-20(2)8-10-22/h7-10,21,23H,3-6,11-19H2,1-2H3,(H2,25,26,27). The Bertz CT molecular complexity index is 623. The van der Waals surface area contributed by atoms with E-state index in [1.54, 1.807) is 0 Å². The van der Waals surface area contributed by atoms with Gasteiger partial charge in [-0.1, -0.05) is 29.8 Å². The van der Waals surface area contributed by atoms with Crippen molar-refractivity contribution in [2.45, 2.75) is 45.6 Å². The molecule has 0 radical (unpaired) electrons. The van der Waals surface area contributed by atoms with Crippen LogP contribution in [-0.2, 0) is 9.47 Å². The van der Waals surface area contributed by atoms with Crippen LogP contribution in [0.5, 0.6) is 0 Å². The highest BCUT2D eigenvalue weighted by molar-refractivity contribution is 5.79. The van der Waals surface area contributed by atoms with Crippen molar-refractivity contribution < 1.29 is 9.47 Å². The Morgan fingerprint density at radius 3 is 2.73 bits per heavy atom. The van der Waals surface area contributed by atoms with Crippen molar-refractivity contribution in [3.8, 4) is 0 Å². The van der Waals surface area contributed by atoms with Crippen LogP contribution in [0.1, 0.15) is 49.8 Å². The first kappa shape index (κ1) is 23.0. The zero-order valence-electron chi connectivity index (χ0n) is 18.9. The van der Waals surface area contributed by atoms with Crippen LogP contribution < -0.4 is 10.6 Å². The van der Waals surface area contributed by atoms with E-state index in [1.165, 1.54) is 37.1 Å². The first-order valence-corrected chi connectivity index (χ1v) is 11.7. The van der Waals surface area contributed by atoms with Gasteiger partial charge < -0.3 is 20.1 Å². The number of aliphatic imine (C=N–C) groups is 1. The van der Waals surface area contributed by atoms with Gasteiger partial charge in [0.2, 0.25) is 0 Å². The van der Waals surface area contributed by atoms with Crippen LogP contribution in [0, 0.1) is 12.8 Å². The molecule has 2 N–H and O–H groups in total. The van der Waals surface area contributed by atoms with E-state index in [4.69, 9.17) is 14.5 Å². The molecule has 6 heteroatoms. The van der Waals surface area contributed by atoms with E-state index in [0.717, 1.165) is 64.9 Å². The van der Waals surface area contributed by atoms with E-state index in [0.29, 0.717) is 12.0 Å². The van der Waals surface area contributed by atoms with Crippen molar-refractivity contribution in [2.24, 2.45) is 10.9 Å². The van der Waals surface area contributed by atoms with Crippen molar-refractivity contribution in [2.75, 3.05) is 59.2 Å². The lowest BCUT2D eigenvalue weighted by atomic mass is 10.0. The zero-order valence-corrected chi connectivity index (χ0v) is 18.9. The van der Waals surface area contributed by atoms with Crippen LogP contribution in [0.2, 0.25) is 0 Å².